The molecule has 0 unspecified atom stereocenters. The number of hydrogen-bond donors (Lipinski definition) is 3. The lowest BCUT2D eigenvalue weighted by molar-refractivity contribution is -0.139. The number of anilines is 2. The van der Waals surface area contributed by atoms with Gasteiger partial charge in [-0.2, -0.15) is 0 Å². The number of benzene rings is 2. The van der Waals surface area contributed by atoms with Crippen molar-refractivity contribution >= 4 is 62.5 Å². The number of halogens is 2. The largest absolute Gasteiger partial charge is 0.465 e. The summed E-state index contributed by atoms with van der Waals surface area (Å²) in [5.41, 5.74) is 1.88. The monoisotopic (exact) mass is 597 g/mol. The second kappa shape index (κ2) is 11.9. The average molecular weight is 599 g/mol. The van der Waals surface area contributed by atoms with E-state index in [0.29, 0.717) is 53.2 Å². The van der Waals surface area contributed by atoms with Gasteiger partial charge in [-0.15, -0.1) is 0 Å². The van der Waals surface area contributed by atoms with Gasteiger partial charge in [-0.25, -0.2) is 13.2 Å². The van der Waals surface area contributed by atoms with E-state index in [0.717, 1.165) is 11.2 Å². The summed E-state index contributed by atoms with van der Waals surface area (Å²) >= 11 is 12.2. The molecule has 2 aliphatic heterocycles. The summed E-state index contributed by atoms with van der Waals surface area (Å²) in [5.74, 6) is -1.18. The maximum atomic E-state index is 13.6. The fourth-order valence-corrected chi connectivity index (χ4v) is 5.51. The lowest BCUT2D eigenvalue weighted by Crippen LogP contribution is -2.60. The Morgan fingerprint density at radius 3 is 2.28 bits per heavy atom. The van der Waals surface area contributed by atoms with Crippen molar-refractivity contribution < 1.29 is 27.9 Å². The Morgan fingerprint density at radius 2 is 1.67 bits per heavy atom. The number of rotatable bonds is 8. The van der Waals surface area contributed by atoms with Crippen molar-refractivity contribution in [3.8, 4) is 0 Å². The molecule has 3 amide bonds. The van der Waals surface area contributed by atoms with E-state index in [1.54, 1.807) is 35.2 Å². The Hall–Kier alpha value is -3.22. The highest BCUT2D eigenvalue weighted by atomic mass is 35.5. The quantitative estimate of drug-likeness (QED) is 0.424. The third kappa shape index (κ3) is 7.25. The number of hydrogen-bond acceptors (Lipinski definition) is 6. The number of amides is 3. The van der Waals surface area contributed by atoms with Gasteiger partial charge in [0.25, 0.3) is 0 Å². The molecule has 39 heavy (non-hydrogen) atoms. The maximum absolute atomic E-state index is 13.6. The molecule has 2 saturated heterocycles. The molecule has 0 radical (unpaired) electrons. The van der Waals surface area contributed by atoms with Gasteiger partial charge < -0.3 is 25.1 Å². The van der Waals surface area contributed by atoms with Crippen molar-refractivity contribution in [2.24, 2.45) is 5.92 Å². The van der Waals surface area contributed by atoms with Gasteiger partial charge in [0.2, 0.25) is 21.8 Å². The molecule has 11 nitrogen and oxygen atoms in total. The Balaban J connectivity index is 1.45. The lowest BCUT2D eigenvalue weighted by Gasteiger charge is -2.39. The summed E-state index contributed by atoms with van der Waals surface area (Å²) in [6.07, 6.45) is 0.178. The summed E-state index contributed by atoms with van der Waals surface area (Å²) in [6, 6.07) is 11.2. The lowest BCUT2D eigenvalue weighted by atomic mass is 9.98. The van der Waals surface area contributed by atoms with E-state index in [1.165, 1.54) is 0 Å². The molecule has 210 valence electrons. The van der Waals surface area contributed by atoms with Crippen LogP contribution in [0.3, 0.4) is 0 Å². The summed E-state index contributed by atoms with van der Waals surface area (Å²) in [7, 11) is -3.47. The Morgan fingerprint density at radius 1 is 1.00 bits per heavy atom. The van der Waals surface area contributed by atoms with Gasteiger partial charge in [0, 0.05) is 45.7 Å². The van der Waals surface area contributed by atoms with E-state index in [9.17, 15) is 22.8 Å². The van der Waals surface area contributed by atoms with Crippen molar-refractivity contribution in [3.63, 3.8) is 0 Å². The van der Waals surface area contributed by atoms with E-state index in [2.05, 4.69) is 10.0 Å². The van der Waals surface area contributed by atoms with Crippen LogP contribution in [0.15, 0.2) is 42.5 Å². The fourth-order valence-electron chi connectivity index (χ4n) is 4.62. The molecule has 0 saturated carbocycles. The van der Waals surface area contributed by atoms with Gasteiger partial charge in [0.05, 0.1) is 33.6 Å². The van der Waals surface area contributed by atoms with E-state index in [4.69, 9.17) is 28.3 Å². The van der Waals surface area contributed by atoms with Gasteiger partial charge in [-0.1, -0.05) is 41.4 Å². The number of nitrogens with zero attached hydrogens (tertiary/aromatic N) is 3. The summed E-state index contributed by atoms with van der Waals surface area (Å²) < 4.78 is 26.1. The molecule has 2 heterocycles. The molecule has 1 atom stereocenters. The molecule has 4 rings (SSSR count). The van der Waals surface area contributed by atoms with Gasteiger partial charge in [0.1, 0.15) is 6.04 Å². The van der Waals surface area contributed by atoms with Crippen LogP contribution in [-0.2, 0) is 26.0 Å². The molecular formula is C25H29Cl2N5O6S. The normalized spacial score (nSPS) is 16.8. The number of para-hydroxylation sites is 2. The number of carbonyl (C=O) groups excluding carboxylic acids is 2. The number of piperazine rings is 1. The number of nitrogens with one attached hydrogen (secondary N) is 2. The van der Waals surface area contributed by atoms with Crippen LogP contribution in [0.25, 0.3) is 0 Å². The van der Waals surface area contributed by atoms with Crippen molar-refractivity contribution in [2.45, 2.75) is 12.5 Å². The zero-order valence-electron chi connectivity index (χ0n) is 21.1. The molecule has 2 fully saturated rings. The zero-order chi connectivity index (χ0) is 28.3. The molecule has 0 spiro atoms. The highest BCUT2D eigenvalue weighted by Crippen LogP contribution is 2.28. The van der Waals surface area contributed by atoms with Crippen molar-refractivity contribution in [1.82, 2.24) is 15.1 Å². The van der Waals surface area contributed by atoms with Gasteiger partial charge in [-0.3, -0.25) is 14.3 Å². The minimum atomic E-state index is -3.47. The summed E-state index contributed by atoms with van der Waals surface area (Å²) in [4.78, 5) is 42.4. The van der Waals surface area contributed by atoms with Crippen LogP contribution in [0.1, 0.15) is 5.56 Å². The highest BCUT2D eigenvalue weighted by molar-refractivity contribution is 7.92. The third-order valence-corrected chi connectivity index (χ3v) is 8.02. The van der Waals surface area contributed by atoms with Crippen molar-refractivity contribution in [2.75, 3.05) is 55.1 Å². The smallest absolute Gasteiger partial charge is 0.407 e. The number of carbonyl (C=O) groups is 3. The first-order chi connectivity index (χ1) is 18.4. The van der Waals surface area contributed by atoms with Gasteiger partial charge >= 0.3 is 6.09 Å². The molecule has 0 aromatic heterocycles. The van der Waals surface area contributed by atoms with Crippen LogP contribution in [0.4, 0.5) is 16.2 Å². The van der Waals surface area contributed by atoms with Crippen molar-refractivity contribution in [3.05, 3.63) is 58.1 Å². The molecule has 0 bridgehead atoms. The summed E-state index contributed by atoms with van der Waals surface area (Å²) in [5, 5.41) is 12.6. The van der Waals surface area contributed by atoms with E-state index in [-0.39, 0.29) is 31.3 Å². The first-order valence-corrected chi connectivity index (χ1v) is 14.9. The van der Waals surface area contributed by atoms with Crippen LogP contribution < -0.4 is 14.9 Å². The molecule has 0 aliphatic carbocycles. The molecule has 2 aromatic carbocycles. The average Bonchev–Trinajstić information content (AvgIpc) is 2.84. The van der Waals surface area contributed by atoms with Crippen LogP contribution in [0.5, 0.6) is 0 Å². The number of sulfonamides is 1. The molecule has 14 heteroatoms. The minimum absolute atomic E-state index is 0.0778. The molecule has 3 N–H and O–H groups in total. The SMILES string of the molecule is CS(=O)(=O)Nc1ccccc1N1CCN(C(=O)[C@@H](Cc2ccc(Cl)c(Cl)c2)NC(=O)C2CN(C(=O)O)C2)CC1. The predicted octanol–water partition coefficient (Wildman–Crippen LogP) is 2.35. The van der Waals surface area contributed by atoms with E-state index < -0.39 is 28.1 Å². The third-order valence-electron chi connectivity index (χ3n) is 6.69. The maximum Gasteiger partial charge on any atom is 0.407 e. The standard InChI is InChI=1S/C25H29Cl2N5O6S/c1-39(37,38)29-20-4-2-3-5-22(20)30-8-10-31(11-9-30)24(34)21(13-16-6-7-18(26)19(27)12-16)28-23(33)17-14-32(15-17)25(35)36/h2-7,12,17,21,29H,8-11,13-15H2,1H3,(H,28,33)(H,35,36)/t21-/m1/s1. The van der Waals surface area contributed by atoms with Crippen LogP contribution in [0, 0.1) is 5.92 Å². The van der Waals surface area contributed by atoms with E-state index in [1.807, 2.05) is 17.0 Å². The number of likely N-dealkylation sites (tertiary alicyclic amines) is 1. The first-order valence-electron chi connectivity index (χ1n) is 12.2. The topological polar surface area (TPSA) is 139 Å². The van der Waals surface area contributed by atoms with Crippen LogP contribution in [0.2, 0.25) is 10.0 Å². The van der Waals surface area contributed by atoms with Crippen molar-refractivity contribution in [1.29, 1.82) is 0 Å². The van der Waals surface area contributed by atoms with Gasteiger partial charge in [0.15, 0.2) is 0 Å². The predicted molar refractivity (Wildman–Crippen MR) is 149 cm³/mol. The second-order valence-corrected chi connectivity index (χ2v) is 12.2. The molecular weight excluding hydrogens is 569 g/mol. The van der Waals surface area contributed by atoms with Crippen LogP contribution in [-0.4, -0.2) is 92.8 Å². The number of carboxylic acid groups (broad SMARTS) is 1. The minimum Gasteiger partial charge on any atom is -0.465 e. The fraction of sp³-hybridized carbons (Fsp3) is 0.400. The van der Waals surface area contributed by atoms with Crippen LogP contribution >= 0.6 is 23.2 Å². The Labute approximate surface area is 236 Å². The Kier molecular flexibility index (Phi) is 8.77. The highest BCUT2D eigenvalue weighted by Gasteiger charge is 2.38. The summed E-state index contributed by atoms with van der Waals surface area (Å²) in [6.45, 7) is 1.78. The molecule has 2 aromatic rings. The van der Waals surface area contributed by atoms with E-state index >= 15 is 0 Å². The molecule has 2 aliphatic rings. The van der Waals surface area contributed by atoms with Gasteiger partial charge in [-0.05, 0) is 29.8 Å². The second-order valence-electron chi connectivity index (χ2n) is 9.60. The zero-order valence-corrected chi connectivity index (χ0v) is 23.5. The Bertz CT molecular complexity index is 1360. The first kappa shape index (κ1) is 28.8.